The number of piperidine rings is 1. The van der Waals surface area contributed by atoms with Crippen molar-refractivity contribution in [2.45, 2.75) is 19.8 Å². The molecule has 21 heavy (non-hydrogen) atoms. The molecule has 1 aromatic heterocycles. The van der Waals surface area contributed by atoms with Crippen molar-refractivity contribution >= 4 is 16.8 Å². The van der Waals surface area contributed by atoms with Crippen LogP contribution < -0.4 is 5.32 Å². The number of likely N-dealkylation sites (tertiary alicyclic amines) is 1. The molecule has 2 heterocycles. The van der Waals surface area contributed by atoms with E-state index < -0.39 is 0 Å². The number of benzene rings is 1. The van der Waals surface area contributed by atoms with Crippen LogP contribution in [0.4, 0.5) is 0 Å². The van der Waals surface area contributed by atoms with Crippen LogP contribution in [0, 0.1) is 5.92 Å². The zero-order valence-electron chi connectivity index (χ0n) is 12.6. The van der Waals surface area contributed by atoms with E-state index in [1.807, 2.05) is 30.5 Å². The first-order valence-corrected chi connectivity index (χ1v) is 7.80. The SMILES string of the molecule is CC1CCN(CCNC(=O)c2ccc3[nH]ccc3c2)CC1. The van der Waals surface area contributed by atoms with E-state index in [2.05, 4.69) is 22.1 Å². The number of nitrogens with one attached hydrogen (secondary N) is 2. The third-order valence-corrected chi connectivity index (χ3v) is 4.41. The topological polar surface area (TPSA) is 48.1 Å². The van der Waals surface area contributed by atoms with Gasteiger partial charge < -0.3 is 15.2 Å². The van der Waals surface area contributed by atoms with Gasteiger partial charge in [-0.3, -0.25) is 4.79 Å². The Morgan fingerprint density at radius 2 is 2.14 bits per heavy atom. The first-order chi connectivity index (χ1) is 10.2. The third kappa shape index (κ3) is 3.45. The Hall–Kier alpha value is -1.81. The van der Waals surface area contributed by atoms with Crippen LogP contribution in [0.3, 0.4) is 0 Å². The summed E-state index contributed by atoms with van der Waals surface area (Å²) < 4.78 is 0. The second-order valence-corrected chi connectivity index (χ2v) is 6.06. The highest BCUT2D eigenvalue weighted by molar-refractivity contribution is 5.98. The van der Waals surface area contributed by atoms with Gasteiger partial charge in [0, 0.05) is 35.8 Å². The Kier molecular flexibility index (Phi) is 4.25. The zero-order valence-corrected chi connectivity index (χ0v) is 12.6. The molecular formula is C17H23N3O. The minimum Gasteiger partial charge on any atom is -0.361 e. The predicted octanol–water partition coefficient (Wildman–Crippen LogP) is 2.63. The lowest BCUT2D eigenvalue weighted by Crippen LogP contribution is -2.39. The minimum atomic E-state index is 0.0171. The molecule has 4 nitrogen and oxygen atoms in total. The maximum Gasteiger partial charge on any atom is 0.251 e. The molecule has 2 aromatic rings. The standard InChI is InChI=1S/C17H23N3O/c1-13-5-9-20(10-6-13)11-8-19-17(21)15-2-3-16-14(12-15)4-7-18-16/h2-4,7,12-13,18H,5-6,8-11H2,1H3,(H,19,21). The van der Waals surface area contributed by atoms with Crippen LogP contribution in [0.25, 0.3) is 10.9 Å². The second-order valence-electron chi connectivity index (χ2n) is 6.06. The Morgan fingerprint density at radius 1 is 1.33 bits per heavy atom. The molecule has 0 aliphatic carbocycles. The van der Waals surface area contributed by atoms with Gasteiger partial charge in [0.05, 0.1) is 0 Å². The number of hydrogen-bond acceptors (Lipinski definition) is 2. The molecule has 1 fully saturated rings. The van der Waals surface area contributed by atoms with Gasteiger partial charge in [0.1, 0.15) is 0 Å². The summed E-state index contributed by atoms with van der Waals surface area (Å²) >= 11 is 0. The van der Waals surface area contributed by atoms with E-state index in [-0.39, 0.29) is 5.91 Å². The van der Waals surface area contributed by atoms with Crippen molar-refractivity contribution in [3.05, 3.63) is 36.0 Å². The van der Waals surface area contributed by atoms with Crippen LogP contribution in [0.15, 0.2) is 30.5 Å². The third-order valence-electron chi connectivity index (χ3n) is 4.41. The molecule has 1 aliphatic heterocycles. The van der Waals surface area contributed by atoms with E-state index in [4.69, 9.17) is 0 Å². The van der Waals surface area contributed by atoms with Crippen molar-refractivity contribution < 1.29 is 4.79 Å². The van der Waals surface area contributed by atoms with E-state index in [1.54, 1.807) is 0 Å². The van der Waals surface area contributed by atoms with E-state index in [0.29, 0.717) is 0 Å². The second kappa shape index (κ2) is 6.31. The smallest absolute Gasteiger partial charge is 0.251 e. The van der Waals surface area contributed by atoms with Crippen LogP contribution in [0.5, 0.6) is 0 Å². The summed E-state index contributed by atoms with van der Waals surface area (Å²) in [6.07, 6.45) is 4.44. The van der Waals surface area contributed by atoms with Crippen molar-refractivity contribution in [3.8, 4) is 0 Å². The Balaban J connectivity index is 1.49. The number of carbonyl (C=O) groups is 1. The molecule has 3 rings (SSSR count). The first-order valence-electron chi connectivity index (χ1n) is 7.80. The highest BCUT2D eigenvalue weighted by Gasteiger charge is 2.15. The average Bonchev–Trinajstić information content (AvgIpc) is 2.96. The Labute approximate surface area is 125 Å². The number of aromatic nitrogens is 1. The fourth-order valence-corrected chi connectivity index (χ4v) is 2.91. The Bertz CT molecular complexity index is 611. The fraction of sp³-hybridized carbons (Fsp3) is 0.471. The molecule has 1 amide bonds. The molecule has 0 bridgehead atoms. The van der Waals surface area contributed by atoms with Crippen molar-refractivity contribution in [2.75, 3.05) is 26.2 Å². The maximum atomic E-state index is 12.2. The summed E-state index contributed by atoms with van der Waals surface area (Å²) in [4.78, 5) is 17.7. The number of amides is 1. The van der Waals surface area contributed by atoms with Crippen LogP contribution >= 0.6 is 0 Å². The van der Waals surface area contributed by atoms with Gasteiger partial charge in [0.25, 0.3) is 5.91 Å². The Morgan fingerprint density at radius 3 is 2.95 bits per heavy atom. The first kappa shape index (κ1) is 14.1. The number of rotatable bonds is 4. The van der Waals surface area contributed by atoms with Gasteiger partial charge in [-0.15, -0.1) is 0 Å². The highest BCUT2D eigenvalue weighted by atomic mass is 16.1. The summed E-state index contributed by atoms with van der Waals surface area (Å²) in [5.41, 5.74) is 1.79. The van der Waals surface area contributed by atoms with Crippen LogP contribution in [-0.4, -0.2) is 42.0 Å². The summed E-state index contributed by atoms with van der Waals surface area (Å²) in [7, 11) is 0. The molecule has 0 unspecified atom stereocenters. The highest BCUT2D eigenvalue weighted by Crippen LogP contribution is 2.16. The molecule has 1 aliphatic rings. The van der Waals surface area contributed by atoms with Crippen molar-refractivity contribution in [2.24, 2.45) is 5.92 Å². The van der Waals surface area contributed by atoms with Crippen molar-refractivity contribution in [1.29, 1.82) is 0 Å². The largest absolute Gasteiger partial charge is 0.361 e. The van der Waals surface area contributed by atoms with Gasteiger partial charge in [-0.25, -0.2) is 0 Å². The molecule has 0 spiro atoms. The molecular weight excluding hydrogens is 262 g/mol. The quantitative estimate of drug-likeness (QED) is 0.907. The molecule has 0 atom stereocenters. The van der Waals surface area contributed by atoms with Gasteiger partial charge in [-0.05, 0) is 56.1 Å². The number of carbonyl (C=O) groups excluding carboxylic acids is 1. The predicted molar refractivity (Wildman–Crippen MR) is 85.5 cm³/mol. The molecule has 1 saturated heterocycles. The van der Waals surface area contributed by atoms with Gasteiger partial charge in [0.15, 0.2) is 0 Å². The van der Waals surface area contributed by atoms with Gasteiger partial charge >= 0.3 is 0 Å². The number of fused-ring (bicyclic) bond motifs is 1. The van der Waals surface area contributed by atoms with Crippen LogP contribution in [-0.2, 0) is 0 Å². The van der Waals surface area contributed by atoms with Crippen molar-refractivity contribution in [1.82, 2.24) is 15.2 Å². The fourth-order valence-electron chi connectivity index (χ4n) is 2.91. The lowest BCUT2D eigenvalue weighted by molar-refractivity contribution is 0.0944. The van der Waals surface area contributed by atoms with E-state index in [1.165, 1.54) is 12.8 Å². The molecule has 0 saturated carbocycles. The van der Waals surface area contributed by atoms with E-state index in [0.717, 1.165) is 48.6 Å². The molecule has 2 N–H and O–H groups in total. The molecule has 0 radical (unpaired) electrons. The number of hydrogen-bond donors (Lipinski definition) is 2. The number of aromatic amines is 1. The van der Waals surface area contributed by atoms with Crippen LogP contribution in [0.2, 0.25) is 0 Å². The maximum absolute atomic E-state index is 12.2. The zero-order chi connectivity index (χ0) is 14.7. The van der Waals surface area contributed by atoms with E-state index in [9.17, 15) is 4.79 Å². The monoisotopic (exact) mass is 285 g/mol. The molecule has 112 valence electrons. The summed E-state index contributed by atoms with van der Waals surface area (Å²) in [5.74, 6) is 0.868. The molecule has 4 heteroatoms. The lowest BCUT2D eigenvalue weighted by atomic mass is 9.99. The lowest BCUT2D eigenvalue weighted by Gasteiger charge is -2.30. The number of H-pyrrole nitrogens is 1. The van der Waals surface area contributed by atoms with Gasteiger partial charge in [-0.1, -0.05) is 6.92 Å². The summed E-state index contributed by atoms with van der Waals surface area (Å²) in [6.45, 7) is 6.30. The van der Waals surface area contributed by atoms with Gasteiger partial charge in [-0.2, -0.15) is 0 Å². The van der Waals surface area contributed by atoms with E-state index >= 15 is 0 Å². The average molecular weight is 285 g/mol. The van der Waals surface area contributed by atoms with Gasteiger partial charge in [0.2, 0.25) is 0 Å². The normalized spacial score (nSPS) is 17.2. The summed E-state index contributed by atoms with van der Waals surface area (Å²) in [6, 6.07) is 7.75. The van der Waals surface area contributed by atoms with Crippen molar-refractivity contribution in [3.63, 3.8) is 0 Å². The minimum absolute atomic E-state index is 0.0171. The summed E-state index contributed by atoms with van der Waals surface area (Å²) in [5, 5.41) is 4.10. The molecule has 1 aromatic carbocycles. The number of nitrogens with zero attached hydrogens (tertiary/aromatic N) is 1. The van der Waals surface area contributed by atoms with Crippen LogP contribution in [0.1, 0.15) is 30.1 Å².